The minimum absolute atomic E-state index is 0.00271. The van der Waals surface area contributed by atoms with Crippen molar-refractivity contribution in [1.82, 2.24) is 4.90 Å². The maximum atomic E-state index is 14.1. The molecule has 5 rings (SSSR count). The molecule has 38 heavy (non-hydrogen) atoms. The van der Waals surface area contributed by atoms with E-state index in [1.807, 2.05) is 6.07 Å². The predicted octanol–water partition coefficient (Wildman–Crippen LogP) is 3.74. The maximum Gasteiger partial charge on any atom is 0.264 e. The van der Waals surface area contributed by atoms with Gasteiger partial charge in [-0.3, -0.25) is 18.7 Å². The van der Waals surface area contributed by atoms with Crippen LogP contribution < -0.4 is 0 Å². The van der Waals surface area contributed by atoms with Crippen LogP contribution >= 0.6 is 0 Å². The van der Waals surface area contributed by atoms with E-state index in [2.05, 4.69) is 32.6 Å². The molecule has 9 atom stereocenters. The number of fused-ring (bicyclic) bond motifs is 5. The molecule has 8 nitrogen and oxygen atoms in total. The van der Waals surface area contributed by atoms with Gasteiger partial charge in [0.2, 0.25) is 0 Å². The normalized spacial score (nSPS) is 44.9. The van der Waals surface area contributed by atoms with E-state index in [4.69, 9.17) is 14.2 Å². The zero-order valence-electron chi connectivity index (χ0n) is 23.6. The van der Waals surface area contributed by atoms with E-state index >= 15 is 0 Å². The molecular weight excluding hydrogens is 504 g/mol. The Morgan fingerprint density at radius 3 is 2.55 bits per heavy atom. The van der Waals surface area contributed by atoms with Gasteiger partial charge in [0.1, 0.15) is 5.78 Å². The fourth-order valence-electron chi connectivity index (χ4n) is 9.84. The lowest BCUT2D eigenvalue weighted by atomic mass is 9.43. The van der Waals surface area contributed by atoms with Crippen LogP contribution in [-0.2, 0) is 28.6 Å². The molecule has 4 saturated carbocycles. The fraction of sp³-hybridized carbons (Fsp3) is 0.897. The van der Waals surface area contributed by atoms with Crippen LogP contribution in [0.25, 0.3) is 0 Å². The summed E-state index contributed by atoms with van der Waals surface area (Å²) in [4.78, 5) is 29.3. The molecule has 0 radical (unpaired) electrons. The Labute approximate surface area is 227 Å². The second-order valence-electron chi connectivity index (χ2n) is 14.0. The summed E-state index contributed by atoms with van der Waals surface area (Å²) < 4.78 is 36.3. The topological polar surface area (TPSA) is 114 Å². The molecule has 1 saturated heterocycles. The number of Topliss-reactive ketones (excluding diaryl/α,β-unsaturated/α-hetero) is 2. The zero-order valence-corrected chi connectivity index (χ0v) is 24.4. The van der Waals surface area contributed by atoms with Crippen LogP contribution in [0.5, 0.6) is 0 Å². The third kappa shape index (κ3) is 4.78. The van der Waals surface area contributed by atoms with Crippen molar-refractivity contribution >= 4 is 21.7 Å². The molecule has 0 aromatic carbocycles. The van der Waals surface area contributed by atoms with Crippen molar-refractivity contribution < 1.29 is 26.9 Å². The number of morpholine rings is 1. The van der Waals surface area contributed by atoms with E-state index in [1.165, 1.54) is 0 Å². The summed E-state index contributed by atoms with van der Waals surface area (Å²) in [6, 6.07) is 1.92. The van der Waals surface area contributed by atoms with Gasteiger partial charge in [-0.15, -0.1) is 0 Å². The molecule has 5 aliphatic rings. The van der Waals surface area contributed by atoms with Gasteiger partial charge in [0.05, 0.1) is 37.1 Å². The van der Waals surface area contributed by atoms with Crippen molar-refractivity contribution in [3.05, 3.63) is 0 Å². The fourth-order valence-corrected chi connectivity index (χ4v) is 10.5. The van der Waals surface area contributed by atoms with Crippen LogP contribution in [0, 0.1) is 51.8 Å². The third-order valence-electron chi connectivity index (χ3n) is 11.2. The van der Waals surface area contributed by atoms with Crippen LogP contribution in [0.2, 0.25) is 0 Å². The lowest BCUT2D eigenvalue weighted by Gasteiger charge is -2.62. The van der Waals surface area contributed by atoms with Gasteiger partial charge in [-0.05, 0) is 81.0 Å². The van der Waals surface area contributed by atoms with Gasteiger partial charge in [-0.1, -0.05) is 13.8 Å². The van der Waals surface area contributed by atoms with E-state index in [0.717, 1.165) is 38.4 Å². The molecule has 9 heteroatoms. The highest BCUT2D eigenvalue weighted by Gasteiger charge is 2.65. The Hall–Kier alpha value is -1.34. The van der Waals surface area contributed by atoms with Gasteiger partial charge in [-0.2, -0.15) is 13.7 Å². The van der Waals surface area contributed by atoms with E-state index in [0.29, 0.717) is 38.5 Å². The Morgan fingerprint density at radius 1 is 1.16 bits per heavy atom. The van der Waals surface area contributed by atoms with Gasteiger partial charge in [-0.25, -0.2) is 0 Å². The Bertz CT molecular complexity index is 1130. The Kier molecular flexibility index (Phi) is 7.15. The molecule has 4 aliphatic carbocycles. The molecule has 212 valence electrons. The number of hydrogen-bond acceptors (Lipinski definition) is 8. The first-order valence-electron chi connectivity index (χ1n) is 14.4. The van der Waals surface area contributed by atoms with E-state index in [-0.39, 0.29) is 64.1 Å². The highest BCUT2D eigenvalue weighted by molar-refractivity contribution is 7.86. The highest BCUT2D eigenvalue weighted by atomic mass is 32.2. The molecule has 0 spiro atoms. The molecular formula is C29H44N2O6S. The van der Waals surface area contributed by atoms with Crippen LogP contribution in [0.1, 0.15) is 79.1 Å². The summed E-state index contributed by atoms with van der Waals surface area (Å²) in [6.07, 6.45) is 5.97. The van der Waals surface area contributed by atoms with Crippen LogP contribution in [0.4, 0.5) is 0 Å². The van der Waals surface area contributed by atoms with E-state index < -0.39 is 16.2 Å². The Balaban J connectivity index is 1.46. The number of nitrogens with zero attached hydrogens (tertiary/aromatic N) is 2. The van der Waals surface area contributed by atoms with Gasteiger partial charge < -0.3 is 4.74 Å². The molecule has 1 heterocycles. The van der Waals surface area contributed by atoms with Gasteiger partial charge in [0.25, 0.3) is 10.1 Å². The third-order valence-corrected chi connectivity index (χ3v) is 11.8. The summed E-state index contributed by atoms with van der Waals surface area (Å²) in [5.74, 6) is 0.729. The van der Waals surface area contributed by atoms with Crippen LogP contribution in [0.15, 0.2) is 0 Å². The lowest BCUT2D eigenvalue weighted by molar-refractivity contribution is -0.174. The van der Waals surface area contributed by atoms with Crippen molar-refractivity contribution in [1.29, 1.82) is 5.26 Å². The smallest absolute Gasteiger partial charge is 0.264 e. The zero-order chi connectivity index (χ0) is 27.7. The first-order chi connectivity index (χ1) is 17.7. The van der Waals surface area contributed by atoms with E-state index in [1.54, 1.807) is 0 Å². The molecule has 0 amide bonds. The predicted molar refractivity (Wildman–Crippen MR) is 141 cm³/mol. The number of carbonyl (C=O) groups is 2. The van der Waals surface area contributed by atoms with Gasteiger partial charge >= 0.3 is 0 Å². The quantitative estimate of drug-likeness (QED) is 0.478. The van der Waals surface area contributed by atoms with Crippen molar-refractivity contribution in [2.24, 2.45) is 40.4 Å². The summed E-state index contributed by atoms with van der Waals surface area (Å²) in [5, 5.41) is 9.14. The monoisotopic (exact) mass is 548 g/mol. The molecule has 0 aromatic heterocycles. The molecule has 5 fully saturated rings. The first kappa shape index (κ1) is 28.2. The summed E-state index contributed by atoms with van der Waals surface area (Å²) in [5.41, 5.74) is -0.946. The second-order valence-corrected chi connectivity index (χ2v) is 15.6. The summed E-state index contributed by atoms with van der Waals surface area (Å²) in [7, 11) is -3.63. The van der Waals surface area contributed by atoms with Gasteiger partial charge in [0, 0.05) is 37.4 Å². The number of ether oxygens (including phenoxy) is 1. The largest absolute Gasteiger partial charge is 0.373 e. The second kappa shape index (κ2) is 9.64. The van der Waals surface area contributed by atoms with Crippen molar-refractivity contribution in [2.45, 2.75) is 96.8 Å². The number of carbonyl (C=O) groups excluding carboxylic acids is 2. The standard InChI is InChI=1S/C29H44N2O6S/c1-27(2)17-31(12-13-36-27)22-15-28(3)18(14-25(22)37-38(5,34)35)6-7-19-20-8-9-21(23(32)10-11-30)29(20,4)16-24(33)26(19)28/h18-22,25-26H,6-10,12-17H2,1-5H3/t18-,19-,20-,21+,22-,25-,26+,28-,29-/m0/s1. The SMILES string of the molecule is CC1(C)CN([C@H]2C[C@@]3(C)[C@@H](CC[C@H]4[C@@H]5CC[C@H](C(=O)CC#N)[C@@]5(C)CC(=O)[C@@H]43)C[C@@H]2OS(C)(=O)=O)CCO1. The highest BCUT2D eigenvalue weighted by Crippen LogP contribution is 2.67. The minimum Gasteiger partial charge on any atom is -0.373 e. The number of ketones is 2. The van der Waals surface area contributed by atoms with Gasteiger partial charge in [0.15, 0.2) is 5.78 Å². The maximum absolute atomic E-state index is 14.1. The number of nitriles is 1. The van der Waals surface area contributed by atoms with Crippen LogP contribution in [-0.4, -0.2) is 68.6 Å². The molecule has 1 aliphatic heterocycles. The molecule has 0 unspecified atom stereocenters. The number of hydrogen-bond donors (Lipinski definition) is 0. The lowest BCUT2D eigenvalue weighted by Crippen LogP contribution is -2.64. The molecule has 0 bridgehead atoms. The molecule has 0 N–H and O–H groups in total. The Morgan fingerprint density at radius 2 is 1.89 bits per heavy atom. The number of rotatable bonds is 5. The first-order valence-corrected chi connectivity index (χ1v) is 16.2. The van der Waals surface area contributed by atoms with Crippen molar-refractivity contribution in [2.75, 3.05) is 26.0 Å². The minimum atomic E-state index is -3.63. The molecule has 0 aromatic rings. The average Bonchev–Trinajstić information content (AvgIpc) is 3.13. The summed E-state index contributed by atoms with van der Waals surface area (Å²) >= 11 is 0. The van der Waals surface area contributed by atoms with Crippen molar-refractivity contribution in [3.63, 3.8) is 0 Å². The average molecular weight is 549 g/mol. The van der Waals surface area contributed by atoms with E-state index in [9.17, 15) is 18.0 Å². The van der Waals surface area contributed by atoms with Crippen molar-refractivity contribution in [3.8, 4) is 6.07 Å². The van der Waals surface area contributed by atoms with Crippen LogP contribution in [0.3, 0.4) is 0 Å². The summed E-state index contributed by atoms with van der Waals surface area (Å²) in [6.45, 7) is 10.5.